The van der Waals surface area contributed by atoms with Crippen molar-refractivity contribution in [2.24, 2.45) is 5.10 Å². The van der Waals surface area contributed by atoms with E-state index in [1.54, 1.807) is 37.3 Å². The minimum absolute atomic E-state index is 0.0727. The molecule has 28 heavy (non-hydrogen) atoms. The third kappa shape index (κ3) is 4.32. The lowest BCUT2D eigenvalue weighted by Crippen LogP contribution is -2.22. The van der Waals surface area contributed by atoms with Crippen LogP contribution in [0.2, 0.25) is 0 Å². The second kappa shape index (κ2) is 8.57. The van der Waals surface area contributed by atoms with Crippen molar-refractivity contribution < 1.29 is 13.9 Å². The average Bonchev–Trinajstić information content (AvgIpc) is 2.70. The maximum atomic E-state index is 13.1. The molecule has 3 rings (SSSR count). The van der Waals surface area contributed by atoms with E-state index in [9.17, 15) is 9.18 Å². The molecule has 1 aromatic heterocycles. The number of aromatic amines is 1. The standard InChI is InChI=1S/C19H17FN4O3S/c1-12-18(25)24(19(28)23-22-12)21-10-14-4-3-5-16(26-2)17(14)27-11-13-6-8-15(20)9-7-13/h3-10H,11H2,1-2H3,(H,23,28)/b21-10+. The summed E-state index contributed by atoms with van der Waals surface area (Å²) in [5.74, 6) is 0.616. The summed E-state index contributed by atoms with van der Waals surface area (Å²) in [5.41, 5.74) is 1.19. The predicted octanol–water partition coefficient (Wildman–Crippen LogP) is 3.22. The summed E-state index contributed by atoms with van der Waals surface area (Å²) in [5, 5.41) is 10.5. The summed E-state index contributed by atoms with van der Waals surface area (Å²) in [4.78, 5) is 12.2. The number of rotatable bonds is 6. The summed E-state index contributed by atoms with van der Waals surface area (Å²) >= 11 is 5.07. The van der Waals surface area contributed by atoms with E-state index in [0.717, 1.165) is 10.2 Å². The van der Waals surface area contributed by atoms with Crippen molar-refractivity contribution >= 4 is 18.4 Å². The second-order valence-electron chi connectivity index (χ2n) is 5.77. The Morgan fingerprint density at radius 3 is 2.75 bits per heavy atom. The first kappa shape index (κ1) is 19.4. The van der Waals surface area contributed by atoms with Crippen molar-refractivity contribution in [3.05, 3.63) is 80.2 Å². The Hall–Kier alpha value is -3.33. The molecule has 0 bridgehead atoms. The smallest absolute Gasteiger partial charge is 0.296 e. The van der Waals surface area contributed by atoms with E-state index in [1.165, 1.54) is 25.5 Å². The largest absolute Gasteiger partial charge is 0.493 e. The average molecular weight is 400 g/mol. The van der Waals surface area contributed by atoms with Gasteiger partial charge in [0.25, 0.3) is 5.56 Å². The number of aryl methyl sites for hydroxylation is 1. The summed E-state index contributed by atoms with van der Waals surface area (Å²) < 4.78 is 25.4. The van der Waals surface area contributed by atoms with Gasteiger partial charge in [0.05, 0.1) is 13.3 Å². The van der Waals surface area contributed by atoms with Crippen LogP contribution in [0.1, 0.15) is 16.8 Å². The van der Waals surface area contributed by atoms with Crippen molar-refractivity contribution in [2.75, 3.05) is 7.11 Å². The monoisotopic (exact) mass is 400 g/mol. The first-order valence-electron chi connectivity index (χ1n) is 8.26. The van der Waals surface area contributed by atoms with Crippen molar-refractivity contribution in [3.8, 4) is 11.5 Å². The van der Waals surface area contributed by atoms with Gasteiger partial charge in [-0.15, -0.1) is 0 Å². The topological polar surface area (TPSA) is 81.5 Å². The minimum atomic E-state index is -0.420. The summed E-state index contributed by atoms with van der Waals surface area (Å²) in [6, 6.07) is 11.3. The molecular formula is C19H17FN4O3S. The number of para-hydroxylation sites is 1. The van der Waals surface area contributed by atoms with E-state index in [0.29, 0.717) is 17.1 Å². The molecule has 9 heteroatoms. The van der Waals surface area contributed by atoms with Crippen molar-refractivity contribution in [3.63, 3.8) is 0 Å². The Labute approximate surface area is 165 Å². The molecule has 0 unspecified atom stereocenters. The van der Waals surface area contributed by atoms with E-state index in [1.807, 2.05) is 0 Å². The highest BCUT2D eigenvalue weighted by atomic mass is 32.1. The zero-order valence-corrected chi connectivity index (χ0v) is 16.0. The van der Waals surface area contributed by atoms with Crippen LogP contribution in [0.5, 0.6) is 11.5 Å². The fourth-order valence-electron chi connectivity index (χ4n) is 2.38. The van der Waals surface area contributed by atoms with Crippen LogP contribution in [0.3, 0.4) is 0 Å². The van der Waals surface area contributed by atoms with Gasteiger partial charge in [0.2, 0.25) is 4.77 Å². The van der Waals surface area contributed by atoms with Gasteiger partial charge in [-0.2, -0.15) is 14.9 Å². The van der Waals surface area contributed by atoms with Gasteiger partial charge < -0.3 is 9.47 Å². The maximum absolute atomic E-state index is 13.1. The highest BCUT2D eigenvalue weighted by Gasteiger charge is 2.10. The second-order valence-corrected chi connectivity index (χ2v) is 6.16. The number of hydrogen-bond acceptors (Lipinski definition) is 6. The van der Waals surface area contributed by atoms with Crippen molar-refractivity contribution in [2.45, 2.75) is 13.5 Å². The predicted molar refractivity (Wildman–Crippen MR) is 105 cm³/mol. The SMILES string of the molecule is COc1cccc(/C=N/n2c(=S)[nH]nc(C)c2=O)c1OCc1ccc(F)cc1. The molecule has 0 aliphatic rings. The number of H-pyrrole nitrogens is 1. The van der Waals surface area contributed by atoms with Gasteiger partial charge in [-0.25, -0.2) is 4.39 Å². The van der Waals surface area contributed by atoms with Gasteiger partial charge in [0.15, 0.2) is 11.5 Å². The third-order valence-corrected chi connectivity index (χ3v) is 4.12. The van der Waals surface area contributed by atoms with Gasteiger partial charge in [-0.3, -0.25) is 9.89 Å². The first-order chi connectivity index (χ1) is 13.5. The number of halogens is 1. The van der Waals surface area contributed by atoms with E-state index >= 15 is 0 Å². The van der Waals surface area contributed by atoms with Crippen LogP contribution in [0.15, 0.2) is 52.4 Å². The van der Waals surface area contributed by atoms with Crippen molar-refractivity contribution in [1.29, 1.82) is 0 Å². The van der Waals surface area contributed by atoms with Gasteiger partial charge >= 0.3 is 0 Å². The number of ether oxygens (including phenoxy) is 2. The van der Waals surface area contributed by atoms with Crippen LogP contribution in [0.25, 0.3) is 0 Å². The lowest BCUT2D eigenvalue weighted by Gasteiger charge is -2.13. The zero-order valence-electron chi connectivity index (χ0n) is 15.2. The van der Waals surface area contributed by atoms with Gasteiger partial charge in [-0.1, -0.05) is 18.2 Å². The van der Waals surface area contributed by atoms with Crippen LogP contribution in [0.4, 0.5) is 4.39 Å². The quantitative estimate of drug-likeness (QED) is 0.508. The number of aromatic nitrogens is 3. The number of hydrogen-bond donors (Lipinski definition) is 1. The summed E-state index contributed by atoms with van der Waals surface area (Å²) in [7, 11) is 1.52. The molecule has 0 amide bonds. The van der Waals surface area contributed by atoms with Crippen LogP contribution in [-0.2, 0) is 6.61 Å². The molecule has 144 valence electrons. The number of nitrogens with zero attached hydrogens (tertiary/aromatic N) is 3. The van der Waals surface area contributed by atoms with Gasteiger partial charge in [0.1, 0.15) is 18.1 Å². The lowest BCUT2D eigenvalue weighted by molar-refractivity contribution is 0.284. The molecule has 3 aromatic rings. The van der Waals surface area contributed by atoms with Crippen LogP contribution in [0, 0.1) is 17.5 Å². The van der Waals surface area contributed by atoms with E-state index in [-0.39, 0.29) is 22.9 Å². The molecule has 0 saturated heterocycles. The Morgan fingerprint density at radius 1 is 1.29 bits per heavy atom. The first-order valence-corrected chi connectivity index (χ1v) is 8.67. The molecule has 0 atom stereocenters. The molecule has 0 saturated carbocycles. The van der Waals surface area contributed by atoms with E-state index < -0.39 is 5.56 Å². The zero-order chi connectivity index (χ0) is 20.1. The summed E-state index contributed by atoms with van der Waals surface area (Å²) in [6.45, 7) is 1.76. The Morgan fingerprint density at radius 2 is 2.04 bits per heavy atom. The molecule has 1 heterocycles. The molecule has 1 N–H and O–H groups in total. The lowest BCUT2D eigenvalue weighted by atomic mass is 10.2. The van der Waals surface area contributed by atoms with Crippen LogP contribution in [-0.4, -0.2) is 28.2 Å². The number of methoxy groups -OCH3 is 1. The molecule has 2 aromatic carbocycles. The van der Waals surface area contributed by atoms with Crippen LogP contribution < -0.4 is 15.0 Å². The third-order valence-electron chi connectivity index (χ3n) is 3.85. The van der Waals surface area contributed by atoms with E-state index in [2.05, 4.69) is 15.3 Å². The summed E-state index contributed by atoms with van der Waals surface area (Å²) in [6.07, 6.45) is 1.45. The molecule has 0 aliphatic heterocycles. The number of nitrogens with one attached hydrogen (secondary N) is 1. The molecular weight excluding hydrogens is 383 g/mol. The molecule has 0 fully saturated rings. The highest BCUT2D eigenvalue weighted by Crippen LogP contribution is 2.30. The molecule has 7 nitrogen and oxygen atoms in total. The van der Waals surface area contributed by atoms with E-state index in [4.69, 9.17) is 21.7 Å². The van der Waals surface area contributed by atoms with Crippen molar-refractivity contribution in [1.82, 2.24) is 14.9 Å². The molecule has 0 radical (unpaired) electrons. The fourth-order valence-corrected chi connectivity index (χ4v) is 2.56. The number of benzene rings is 2. The fraction of sp³-hybridized carbons (Fsp3) is 0.158. The Kier molecular flexibility index (Phi) is 5.95. The Balaban J connectivity index is 1.93. The normalized spacial score (nSPS) is 11.0. The molecule has 0 aliphatic carbocycles. The highest BCUT2D eigenvalue weighted by molar-refractivity contribution is 7.71. The minimum Gasteiger partial charge on any atom is -0.493 e. The molecule has 0 spiro atoms. The van der Waals surface area contributed by atoms with Gasteiger partial charge in [-0.05, 0) is 49.0 Å². The Bertz CT molecular complexity index is 1120. The van der Waals surface area contributed by atoms with Crippen LogP contribution >= 0.6 is 12.2 Å². The van der Waals surface area contributed by atoms with Gasteiger partial charge in [0, 0.05) is 5.56 Å². The maximum Gasteiger partial charge on any atom is 0.296 e.